The van der Waals surface area contributed by atoms with Crippen LogP contribution in [0.3, 0.4) is 0 Å². The maximum atomic E-state index is 9.29. The Bertz CT molecular complexity index is 1500. The van der Waals surface area contributed by atoms with Gasteiger partial charge in [-0.3, -0.25) is 0 Å². The highest BCUT2D eigenvalue weighted by atomic mass is 79.9. The summed E-state index contributed by atoms with van der Waals surface area (Å²) in [6.07, 6.45) is 0. The molecule has 0 bridgehead atoms. The Labute approximate surface area is 215 Å². The van der Waals surface area contributed by atoms with E-state index in [9.17, 15) is 10.5 Å². The average Bonchev–Trinajstić information content (AvgIpc) is 2.91. The first kappa shape index (κ1) is 22.4. The van der Waals surface area contributed by atoms with Gasteiger partial charge in [0.2, 0.25) is 0 Å². The molecule has 0 spiro atoms. The minimum Gasteiger partial charge on any atom is -0.192 e. The normalized spacial score (nSPS) is 10.8. The molecule has 162 valence electrons. The second-order valence-corrected chi connectivity index (χ2v) is 9.28. The summed E-state index contributed by atoms with van der Waals surface area (Å²) in [5.41, 5.74) is 8.18. The van der Waals surface area contributed by atoms with Crippen molar-refractivity contribution < 1.29 is 0 Å². The van der Waals surface area contributed by atoms with Crippen LogP contribution >= 0.6 is 31.9 Å². The zero-order chi connectivity index (χ0) is 23.7. The van der Waals surface area contributed by atoms with Gasteiger partial charge >= 0.3 is 0 Å². The third kappa shape index (κ3) is 3.90. The molecule has 0 radical (unpaired) electrons. The molecule has 2 nitrogen and oxygen atoms in total. The van der Waals surface area contributed by atoms with Crippen LogP contribution in [-0.2, 0) is 10.7 Å². The second-order valence-electron chi connectivity index (χ2n) is 8.16. The molecule has 4 heteroatoms. The molecule has 0 saturated heterocycles. The van der Waals surface area contributed by atoms with Gasteiger partial charge in [0.1, 0.15) is 0 Å². The topological polar surface area (TPSA) is 47.6 Å². The quantitative estimate of drug-likeness (QED) is 0.161. The van der Waals surface area contributed by atoms with Gasteiger partial charge in [-0.1, -0.05) is 80.4 Å². The first-order valence-electron chi connectivity index (χ1n) is 10.8. The van der Waals surface area contributed by atoms with Crippen LogP contribution in [0.1, 0.15) is 22.3 Å². The van der Waals surface area contributed by atoms with Gasteiger partial charge in [-0.2, -0.15) is 10.5 Å². The maximum Gasteiger partial charge on any atom is 0.0991 e. The number of alkyl halides is 2. The van der Waals surface area contributed by atoms with Crippen LogP contribution in [0, 0.1) is 22.7 Å². The molecule has 0 unspecified atom stereocenters. The van der Waals surface area contributed by atoms with Crippen molar-refractivity contribution >= 4 is 53.4 Å². The highest BCUT2D eigenvalue weighted by Gasteiger charge is 2.18. The highest BCUT2D eigenvalue weighted by Crippen LogP contribution is 2.44. The van der Waals surface area contributed by atoms with Crippen molar-refractivity contribution in [3.63, 3.8) is 0 Å². The molecule has 5 aromatic rings. The Morgan fingerprint density at radius 3 is 1.21 bits per heavy atom. The fourth-order valence-electron chi connectivity index (χ4n) is 4.53. The Hall–Kier alpha value is -3.44. The number of benzene rings is 5. The van der Waals surface area contributed by atoms with Crippen molar-refractivity contribution in [2.45, 2.75) is 10.7 Å². The highest BCUT2D eigenvalue weighted by molar-refractivity contribution is 9.08. The maximum absolute atomic E-state index is 9.29. The molecule has 0 aromatic heterocycles. The number of rotatable bonds is 4. The standard InChI is InChI=1S/C30H18Br2N2/c31-15-21-6-12-26-27(13-21)29(23-7-1-19(17-33)2-8-23)25-11-5-22(16-32)14-28(25)30(26)24-9-3-20(18-34)4-10-24/h1-14H,15-16H2. The van der Waals surface area contributed by atoms with Crippen molar-refractivity contribution in [3.05, 3.63) is 107 Å². The van der Waals surface area contributed by atoms with Crippen LogP contribution in [-0.4, -0.2) is 0 Å². The Kier molecular flexibility index (Phi) is 6.20. The van der Waals surface area contributed by atoms with Gasteiger partial charge in [0.05, 0.1) is 23.3 Å². The molecule has 0 aliphatic heterocycles. The largest absolute Gasteiger partial charge is 0.192 e. The number of hydrogen-bond acceptors (Lipinski definition) is 2. The Morgan fingerprint density at radius 1 is 0.500 bits per heavy atom. The molecule has 0 saturated carbocycles. The van der Waals surface area contributed by atoms with Crippen molar-refractivity contribution in [2.75, 3.05) is 0 Å². The molecule has 34 heavy (non-hydrogen) atoms. The first-order chi connectivity index (χ1) is 16.7. The van der Waals surface area contributed by atoms with Crippen molar-refractivity contribution in [3.8, 4) is 34.4 Å². The molecule has 0 aliphatic carbocycles. The van der Waals surface area contributed by atoms with E-state index in [2.05, 4.69) is 80.4 Å². The Morgan fingerprint density at radius 2 is 0.882 bits per heavy atom. The van der Waals surface area contributed by atoms with Crippen LogP contribution in [0.2, 0.25) is 0 Å². The molecule has 0 N–H and O–H groups in total. The molecule has 0 atom stereocenters. The molecular weight excluding hydrogens is 548 g/mol. The first-order valence-corrected chi connectivity index (χ1v) is 13.1. The van der Waals surface area contributed by atoms with Crippen LogP contribution in [0.25, 0.3) is 43.8 Å². The van der Waals surface area contributed by atoms with E-state index in [1.165, 1.54) is 21.9 Å². The van der Waals surface area contributed by atoms with Crippen LogP contribution in [0.5, 0.6) is 0 Å². The van der Waals surface area contributed by atoms with E-state index in [1.807, 2.05) is 48.5 Å². The third-order valence-corrected chi connectivity index (χ3v) is 7.45. The van der Waals surface area contributed by atoms with E-state index < -0.39 is 0 Å². The minimum absolute atomic E-state index is 0.647. The molecule has 0 amide bonds. The van der Waals surface area contributed by atoms with E-state index in [1.54, 1.807) is 0 Å². The lowest BCUT2D eigenvalue weighted by Crippen LogP contribution is -1.93. The van der Waals surface area contributed by atoms with Crippen LogP contribution < -0.4 is 0 Å². The van der Waals surface area contributed by atoms with Gasteiger partial charge in [-0.05, 0) is 91.3 Å². The lowest BCUT2D eigenvalue weighted by molar-refractivity contribution is 1.45. The van der Waals surface area contributed by atoms with Crippen LogP contribution in [0.4, 0.5) is 0 Å². The zero-order valence-corrected chi connectivity index (χ0v) is 21.3. The summed E-state index contributed by atoms with van der Waals surface area (Å²) in [6, 6.07) is 33.3. The van der Waals surface area contributed by atoms with Gasteiger partial charge in [0.25, 0.3) is 0 Å². The molecule has 5 rings (SSSR count). The molecule has 5 aromatic carbocycles. The summed E-state index contributed by atoms with van der Waals surface area (Å²) in [7, 11) is 0. The third-order valence-electron chi connectivity index (χ3n) is 6.16. The van der Waals surface area contributed by atoms with Gasteiger partial charge in [0.15, 0.2) is 0 Å². The van der Waals surface area contributed by atoms with E-state index in [0.717, 1.165) is 43.7 Å². The zero-order valence-electron chi connectivity index (χ0n) is 18.1. The van der Waals surface area contributed by atoms with E-state index >= 15 is 0 Å². The molecule has 0 heterocycles. The molecule has 0 fully saturated rings. The van der Waals surface area contributed by atoms with E-state index in [-0.39, 0.29) is 0 Å². The minimum atomic E-state index is 0.647. The summed E-state index contributed by atoms with van der Waals surface area (Å²) in [5, 5.41) is 24.8. The van der Waals surface area contributed by atoms with Gasteiger partial charge in [-0.15, -0.1) is 0 Å². The van der Waals surface area contributed by atoms with E-state index in [4.69, 9.17) is 0 Å². The fourth-order valence-corrected chi connectivity index (χ4v) is 5.23. The molecule has 0 aliphatic rings. The van der Waals surface area contributed by atoms with Crippen LogP contribution in [0.15, 0.2) is 84.9 Å². The summed E-state index contributed by atoms with van der Waals surface area (Å²) in [5.74, 6) is 0. The molecular formula is C30H18Br2N2. The number of hydrogen-bond donors (Lipinski definition) is 0. The number of fused-ring (bicyclic) bond motifs is 2. The van der Waals surface area contributed by atoms with Crippen molar-refractivity contribution in [1.82, 2.24) is 0 Å². The monoisotopic (exact) mass is 564 g/mol. The smallest absolute Gasteiger partial charge is 0.0991 e. The van der Waals surface area contributed by atoms with Gasteiger partial charge in [0, 0.05) is 10.7 Å². The number of halogens is 2. The Balaban J connectivity index is 1.96. The lowest BCUT2D eigenvalue weighted by atomic mass is 9.84. The summed E-state index contributed by atoms with van der Waals surface area (Å²) >= 11 is 7.24. The second kappa shape index (κ2) is 9.43. The van der Waals surface area contributed by atoms with E-state index in [0.29, 0.717) is 11.1 Å². The van der Waals surface area contributed by atoms with Gasteiger partial charge < -0.3 is 0 Å². The summed E-state index contributed by atoms with van der Waals surface area (Å²) in [4.78, 5) is 0. The number of nitriles is 2. The predicted octanol–water partition coefficient (Wildman–Crippen LogP) is 8.86. The van der Waals surface area contributed by atoms with Crippen molar-refractivity contribution in [2.24, 2.45) is 0 Å². The lowest BCUT2D eigenvalue weighted by Gasteiger charge is -2.19. The van der Waals surface area contributed by atoms with Gasteiger partial charge in [-0.25, -0.2) is 0 Å². The SMILES string of the molecule is N#Cc1ccc(-c2c3ccc(CBr)cc3c(-c3ccc(C#N)cc3)c3ccc(CBr)cc23)cc1. The summed E-state index contributed by atoms with van der Waals surface area (Å²) in [6.45, 7) is 0. The number of nitrogens with zero attached hydrogens (tertiary/aromatic N) is 2. The predicted molar refractivity (Wildman–Crippen MR) is 147 cm³/mol. The summed E-state index contributed by atoms with van der Waals surface area (Å²) < 4.78 is 0. The average molecular weight is 566 g/mol. The fraction of sp³-hybridized carbons (Fsp3) is 0.0667. The van der Waals surface area contributed by atoms with Crippen molar-refractivity contribution in [1.29, 1.82) is 10.5 Å².